The normalized spacial score (nSPS) is 14.1. The van der Waals surface area contributed by atoms with Gasteiger partial charge in [-0.05, 0) is 73.2 Å². The Hall–Kier alpha value is -4.39. The molecule has 0 radical (unpaired) electrons. The number of hydrogen-bond acceptors (Lipinski definition) is 5. The molecule has 1 aliphatic rings. The van der Waals surface area contributed by atoms with Crippen molar-refractivity contribution in [3.8, 4) is 23.0 Å². The molecule has 0 spiro atoms. The zero-order valence-corrected chi connectivity index (χ0v) is 24.7. The number of esters is 1. The smallest absolute Gasteiger partial charge is 0.329 e. The van der Waals surface area contributed by atoms with E-state index in [1.54, 1.807) is 50.2 Å². The fourth-order valence-corrected chi connectivity index (χ4v) is 5.70. The number of anilines is 2. The van der Waals surface area contributed by atoms with Crippen LogP contribution >= 0.6 is 0 Å². The molecule has 9 heteroatoms. The highest BCUT2D eigenvalue weighted by atomic mass is 32.2. The van der Waals surface area contributed by atoms with E-state index in [9.17, 15) is 18.4 Å². The van der Waals surface area contributed by atoms with Crippen LogP contribution in [0, 0.1) is 30.6 Å². The number of rotatable bonds is 8. The van der Waals surface area contributed by atoms with Gasteiger partial charge in [0.25, 0.3) is 17.2 Å². The highest BCUT2D eigenvalue weighted by Gasteiger charge is 2.34. The van der Waals surface area contributed by atoms with Gasteiger partial charge < -0.3 is 14.5 Å². The van der Waals surface area contributed by atoms with Gasteiger partial charge in [0.15, 0.2) is 5.76 Å². The van der Waals surface area contributed by atoms with E-state index in [0.29, 0.717) is 22.9 Å². The number of amides is 1. The van der Waals surface area contributed by atoms with Crippen LogP contribution in [-0.2, 0) is 20.8 Å². The van der Waals surface area contributed by atoms with Crippen molar-refractivity contribution in [2.75, 3.05) is 16.7 Å². The molecule has 0 aliphatic heterocycles. The molecule has 1 amide bonds. The molecular formula is C33H32N2O6S. The maximum Gasteiger partial charge on any atom is 0.329 e. The molecule has 1 fully saturated rings. The average molecular weight is 585 g/mol. The van der Waals surface area contributed by atoms with E-state index in [2.05, 4.69) is 17.2 Å². The van der Waals surface area contributed by atoms with Gasteiger partial charge in [0.2, 0.25) is 0 Å². The van der Waals surface area contributed by atoms with Crippen LogP contribution in [0.3, 0.4) is 0 Å². The highest BCUT2D eigenvalue weighted by Crippen LogP contribution is 2.32. The third-order valence-electron chi connectivity index (χ3n) is 7.24. The molecule has 8 nitrogen and oxygen atoms in total. The number of nitrogens with one attached hydrogen (secondary N) is 1. The number of aryl methyl sites for hydroxylation is 1. The Bertz CT molecular complexity index is 1710. The summed E-state index contributed by atoms with van der Waals surface area (Å²) in [5.41, 5.74) is 5.01. The van der Waals surface area contributed by atoms with Crippen LogP contribution in [0.4, 0.5) is 11.4 Å². The summed E-state index contributed by atoms with van der Waals surface area (Å²) in [4.78, 5) is 25.5. The molecule has 3 aromatic carbocycles. The van der Waals surface area contributed by atoms with Crippen LogP contribution in [0.15, 0.2) is 71.1 Å². The van der Waals surface area contributed by atoms with E-state index in [-0.39, 0.29) is 17.6 Å². The monoisotopic (exact) mass is 584 g/mol. The number of methoxy groups -OCH3 is 1. The van der Waals surface area contributed by atoms with Crippen LogP contribution in [0.5, 0.6) is 0 Å². The molecule has 216 valence electrons. The fourth-order valence-electron chi connectivity index (χ4n) is 4.87. The van der Waals surface area contributed by atoms with Gasteiger partial charge in [0.1, 0.15) is 11.6 Å². The molecule has 2 atom stereocenters. The van der Waals surface area contributed by atoms with Gasteiger partial charge >= 0.3 is 5.97 Å². The summed E-state index contributed by atoms with van der Waals surface area (Å²) >= 11 is -2.43. The first-order valence-corrected chi connectivity index (χ1v) is 14.8. The van der Waals surface area contributed by atoms with Crippen molar-refractivity contribution >= 4 is 45.5 Å². The third kappa shape index (κ3) is 6.10. The number of carbonyl (C=O) groups is 2. The Balaban J connectivity index is 1.32. The number of carbonyl (C=O) groups excluding carboxylic acids is 2. The lowest BCUT2D eigenvalue weighted by Gasteiger charge is -2.30. The molecular weight excluding hydrogens is 552 g/mol. The maximum atomic E-state index is 13.2. The van der Waals surface area contributed by atoms with E-state index in [4.69, 9.17) is 9.15 Å². The van der Waals surface area contributed by atoms with E-state index in [1.807, 2.05) is 37.3 Å². The minimum atomic E-state index is -2.43. The van der Waals surface area contributed by atoms with Crippen molar-refractivity contribution < 1.29 is 27.5 Å². The van der Waals surface area contributed by atoms with Crippen LogP contribution in [-0.4, -0.2) is 33.8 Å². The van der Waals surface area contributed by atoms with E-state index in [1.165, 1.54) is 7.11 Å². The summed E-state index contributed by atoms with van der Waals surface area (Å²) in [6, 6.07) is 19.1. The van der Waals surface area contributed by atoms with Crippen molar-refractivity contribution in [2.45, 2.75) is 39.7 Å². The largest absolute Gasteiger partial charge is 0.467 e. The van der Waals surface area contributed by atoms with Crippen molar-refractivity contribution in [3.63, 3.8) is 0 Å². The van der Waals surface area contributed by atoms with Gasteiger partial charge in [0, 0.05) is 28.1 Å². The highest BCUT2D eigenvalue weighted by molar-refractivity contribution is 7.80. The molecule has 0 saturated heterocycles. The van der Waals surface area contributed by atoms with Crippen molar-refractivity contribution in [1.82, 2.24) is 0 Å². The molecule has 42 heavy (non-hydrogen) atoms. The molecule has 0 bridgehead atoms. The Morgan fingerprint density at radius 1 is 1.05 bits per heavy atom. The first-order valence-electron chi connectivity index (χ1n) is 13.7. The van der Waals surface area contributed by atoms with Gasteiger partial charge in [-0.1, -0.05) is 56.0 Å². The first-order chi connectivity index (χ1) is 20.2. The molecule has 2 N–H and O–H groups in total. The Labute approximate surface area is 247 Å². The molecule has 1 saturated carbocycles. The zero-order chi connectivity index (χ0) is 30.0. The molecule has 2 unspecified atom stereocenters. The third-order valence-corrected chi connectivity index (χ3v) is 8.02. The zero-order valence-electron chi connectivity index (χ0n) is 23.8. The van der Waals surface area contributed by atoms with Gasteiger partial charge in [-0.2, -0.15) is 0 Å². The Morgan fingerprint density at radius 3 is 2.26 bits per heavy atom. The maximum absolute atomic E-state index is 13.2. The van der Waals surface area contributed by atoms with E-state index in [0.717, 1.165) is 44.8 Å². The number of benzene rings is 3. The second-order valence-corrected chi connectivity index (χ2v) is 11.5. The summed E-state index contributed by atoms with van der Waals surface area (Å²) < 4.78 is 34.1. The molecule has 5 rings (SSSR count). The summed E-state index contributed by atoms with van der Waals surface area (Å²) in [7, 11) is 1.26. The van der Waals surface area contributed by atoms with Crippen molar-refractivity contribution in [2.24, 2.45) is 11.8 Å². The van der Waals surface area contributed by atoms with Crippen molar-refractivity contribution in [3.05, 3.63) is 83.6 Å². The second-order valence-electron chi connectivity index (χ2n) is 10.6. The quantitative estimate of drug-likeness (QED) is 0.138. The lowest BCUT2D eigenvalue weighted by molar-refractivity contribution is -0.142. The lowest BCUT2D eigenvalue weighted by Crippen LogP contribution is -2.46. The second kappa shape index (κ2) is 12.2. The van der Waals surface area contributed by atoms with Gasteiger partial charge in [-0.15, -0.1) is 0 Å². The molecule has 1 aromatic heterocycles. The molecule has 1 heterocycles. The van der Waals surface area contributed by atoms with E-state index < -0.39 is 23.3 Å². The number of furan rings is 1. The molecule has 4 aromatic rings. The Morgan fingerprint density at radius 2 is 1.69 bits per heavy atom. The first kappa shape index (κ1) is 29.1. The number of hydrogen-bond donors (Lipinski definition) is 2. The predicted octanol–water partition coefficient (Wildman–Crippen LogP) is 6.56. The van der Waals surface area contributed by atoms with Crippen LogP contribution in [0.2, 0.25) is 0 Å². The Kier molecular flexibility index (Phi) is 8.48. The van der Waals surface area contributed by atoms with Crippen LogP contribution < -0.4 is 9.62 Å². The molecule has 1 aliphatic carbocycles. The summed E-state index contributed by atoms with van der Waals surface area (Å²) in [5, 5.41) is 3.78. The average Bonchev–Trinajstić information content (AvgIpc) is 3.75. The summed E-state index contributed by atoms with van der Waals surface area (Å²) in [6.45, 7) is 5.44. The standard InChI is InChI=1S/C33H32N2O6S/c1-20(2)30(33(37)40-4)35(42(38)39)27-18-14-24(15-19-27)23-12-16-26(17-13-23)34-32(36)31-21(3)29-25(11-10-22-8-9-22)6-5-7-28(29)41-31/h5-7,12-20,22,30H,8-9H2,1-4H3,(H,34,36)(H,38,39). The van der Waals surface area contributed by atoms with E-state index >= 15 is 0 Å². The van der Waals surface area contributed by atoms with Crippen LogP contribution in [0.1, 0.15) is 48.4 Å². The van der Waals surface area contributed by atoms with Crippen LogP contribution in [0.25, 0.3) is 22.1 Å². The van der Waals surface area contributed by atoms with Gasteiger partial charge in [-0.25, -0.2) is 9.00 Å². The minimum absolute atomic E-state index is 0.253. The minimum Gasteiger partial charge on any atom is -0.467 e. The fraction of sp³-hybridized carbons (Fsp3) is 0.273. The summed E-state index contributed by atoms with van der Waals surface area (Å²) in [5.74, 6) is 6.07. The summed E-state index contributed by atoms with van der Waals surface area (Å²) in [6.07, 6.45) is 2.29. The predicted molar refractivity (Wildman–Crippen MR) is 164 cm³/mol. The SMILES string of the molecule is COC(=O)C(C(C)C)N(c1ccc(-c2ccc(NC(=O)c3oc4cccc(C#CC5CC5)c4c3C)cc2)cc1)S(=O)O. The topological polar surface area (TPSA) is 109 Å². The van der Waals surface area contributed by atoms with Crippen molar-refractivity contribution in [1.29, 1.82) is 0 Å². The number of fused-ring (bicyclic) bond motifs is 1. The number of ether oxygens (including phenoxy) is 1. The van der Waals surface area contributed by atoms with Gasteiger partial charge in [0.05, 0.1) is 12.8 Å². The lowest BCUT2D eigenvalue weighted by atomic mass is 10.0. The number of nitrogens with zero attached hydrogens (tertiary/aromatic N) is 1. The van der Waals surface area contributed by atoms with Gasteiger partial charge in [-0.3, -0.25) is 13.7 Å².